The Balaban J connectivity index is 2.10. The number of ether oxygens (including phenoxy) is 1. The fourth-order valence-electron chi connectivity index (χ4n) is 1.89. The average molecular weight is 281 g/mol. The average Bonchev–Trinajstić information content (AvgIpc) is 2.39. The second-order valence-electron chi connectivity index (χ2n) is 4.91. The molecule has 1 aromatic carbocycles. The molecule has 0 bridgehead atoms. The molecule has 0 aliphatic heterocycles. The lowest BCUT2D eigenvalue weighted by Crippen LogP contribution is -2.33. The SMILES string of the molecule is CN(CCCC(=O)O)CC(O)COCc1ccccc1. The molecular formula is C15H23NO4. The van der Waals surface area contributed by atoms with Gasteiger partial charge in [0, 0.05) is 13.0 Å². The van der Waals surface area contributed by atoms with Gasteiger partial charge >= 0.3 is 5.97 Å². The molecule has 0 radical (unpaired) electrons. The molecule has 5 heteroatoms. The van der Waals surface area contributed by atoms with Gasteiger partial charge in [-0.3, -0.25) is 4.79 Å². The van der Waals surface area contributed by atoms with Crippen molar-refractivity contribution in [1.82, 2.24) is 4.90 Å². The van der Waals surface area contributed by atoms with E-state index in [9.17, 15) is 9.90 Å². The lowest BCUT2D eigenvalue weighted by Gasteiger charge is -2.20. The van der Waals surface area contributed by atoms with Gasteiger partial charge in [0.2, 0.25) is 0 Å². The Kier molecular flexibility index (Phi) is 7.87. The molecule has 0 spiro atoms. The van der Waals surface area contributed by atoms with Gasteiger partial charge in [-0.15, -0.1) is 0 Å². The van der Waals surface area contributed by atoms with Crippen LogP contribution in [0, 0.1) is 0 Å². The number of benzene rings is 1. The quantitative estimate of drug-likeness (QED) is 0.677. The predicted molar refractivity (Wildman–Crippen MR) is 76.5 cm³/mol. The number of aliphatic hydroxyl groups excluding tert-OH is 1. The van der Waals surface area contributed by atoms with Crippen LogP contribution in [0.4, 0.5) is 0 Å². The Morgan fingerprint density at radius 2 is 2.05 bits per heavy atom. The summed E-state index contributed by atoms with van der Waals surface area (Å²) >= 11 is 0. The smallest absolute Gasteiger partial charge is 0.303 e. The summed E-state index contributed by atoms with van der Waals surface area (Å²) < 4.78 is 5.45. The fraction of sp³-hybridized carbons (Fsp3) is 0.533. The standard InChI is InChI=1S/C15H23NO4/c1-16(9-5-8-15(18)19)10-14(17)12-20-11-13-6-3-2-4-7-13/h2-4,6-7,14,17H,5,8-12H2,1H3,(H,18,19). The van der Waals surface area contributed by atoms with Crippen LogP contribution in [-0.2, 0) is 16.1 Å². The van der Waals surface area contributed by atoms with Crippen LogP contribution >= 0.6 is 0 Å². The van der Waals surface area contributed by atoms with Gasteiger partial charge in [0.25, 0.3) is 0 Å². The number of likely N-dealkylation sites (N-methyl/N-ethyl adjacent to an activating group) is 1. The predicted octanol–water partition coefficient (Wildman–Crippen LogP) is 1.36. The van der Waals surface area contributed by atoms with E-state index in [1.165, 1.54) is 0 Å². The first-order valence-electron chi connectivity index (χ1n) is 6.78. The van der Waals surface area contributed by atoms with E-state index in [-0.39, 0.29) is 13.0 Å². The first-order valence-corrected chi connectivity index (χ1v) is 6.78. The lowest BCUT2D eigenvalue weighted by atomic mass is 10.2. The summed E-state index contributed by atoms with van der Waals surface area (Å²) in [6, 6.07) is 9.80. The summed E-state index contributed by atoms with van der Waals surface area (Å²) in [6.07, 6.45) is 0.183. The third-order valence-electron chi connectivity index (χ3n) is 2.87. The Hall–Kier alpha value is -1.43. The molecule has 0 aromatic heterocycles. The van der Waals surface area contributed by atoms with Crippen LogP contribution in [0.2, 0.25) is 0 Å². The number of aliphatic carboxylic acids is 1. The van der Waals surface area contributed by atoms with E-state index < -0.39 is 12.1 Å². The van der Waals surface area contributed by atoms with Crippen molar-refractivity contribution >= 4 is 5.97 Å². The summed E-state index contributed by atoms with van der Waals surface area (Å²) in [7, 11) is 1.86. The minimum Gasteiger partial charge on any atom is -0.481 e. The minimum atomic E-state index is -0.787. The summed E-state index contributed by atoms with van der Waals surface area (Å²) in [5.74, 6) is -0.787. The number of carboxylic acid groups (broad SMARTS) is 1. The zero-order valence-electron chi connectivity index (χ0n) is 11.9. The van der Waals surface area contributed by atoms with Crippen molar-refractivity contribution in [3.8, 4) is 0 Å². The Morgan fingerprint density at radius 1 is 1.35 bits per heavy atom. The summed E-state index contributed by atoms with van der Waals surface area (Å²) in [5, 5.41) is 18.4. The first-order chi connectivity index (χ1) is 9.58. The molecule has 0 amide bonds. The van der Waals surface area contributed by atoms with Crippen LogP contribution < -0.4 is 0 Å². The maximum atomic E-state index is 10.4. The van der Waals surface area contributed by atoms with Gasteiger partial charge in [0.05, 0.1) is 19.3 Å². The monoisotopic (exact) mass is 281 g/mol. The maximum absolute atomic E-state index is 10.4. The van der Waals surface area contributed by atoms with Crippen molar-refractivity contribution in [2.75, 3.05) is 26.7 Å². The molecule has 1 atom stereocenters. The second kappa shape index (κ2) is 9.47. The van der Waals surface area contributed by atoms with Gasteiger partial charge in [0.1, 0.15) is 0 Å². The highest BCUT2D eigenvalue weighted by molar-refractivity contribution is 5.66. The third-order valence-corrected chi connectivity index (χ3v) is 2.87. The van der Waals surface area contributed by atoms with E-state index in [4.69, 9.17) is 9.84 Å². The normalized spacial score (nSPS) is 12.6. The molecule has 2 N–H and O–H groups in total. The number of carbonyl (C=O) groups is 1. The molecular weight excluding hydrogens is 258 g/mol. The molecule has 1 unspecified atom stereocenters. The van der Waals surface area contributed by atoms with Crippen molar-refractivity contribution in [3.63, 3.8) is 0 Å². The summed E-state index contributed by atoms with van der Waals surface area (Å²) in [6.45, 7) is 1.90. The molecule has 0 aliphatic carbocycles. The lowest BCUT2D eigenvalue weighted by molar-refractivity contribution is -0.137. The summed E-state index contributed by atoms with van der Waals surface area (Å²) in [4.78, 5) is 12.3. The van der Waals surface area contributed by atoms with Crippen molar-refractivity contribution in [2.24, 2.45) is 0 Å². The van der Waals surface area contributed by atoms with E-state index in [0.717, 1.165) is 5.56 Å². The Bertz CT molecular complexity index is 383. The zero-order chi connectivity index (χ0) is 14.8. The third kappa shape index (κ3) is 7.89. The van der Waals surface area contributed by atoms with Crippen molar-refractivity contribution in [2.45, 2.75) is 25.6 Å². The van der Waals surface area contributed by atoms with Crippen LogP contribution in [0.3, 0.4) is 0 Å². The highest BCUT2D eigenvalue weighted by atomic mass is 16.5. The molecule has 0 heterocycles. The van der Waals surface area contributed by atoms with Gasteiger partial charge in [-0.25, -0.2) is 0 Å². The minimum absolute atomic E-state index is 0.158. The van der Waals surface area contributed by atoms with Gasteiger partial charge in [-0.2, -0.15) is 0 Å². The fourth-order valence-corrected chi connectivity index (χ4v) is 1.89. The molecule has 1 aromatic rings. The Labute approximate surface area is 119 Å². The highest BCUT2D eigenvalue weighted by Gasteiger charge is 2.09. The molecule has 20 heavy (non-hydrogen) atoms. The van der Waals surface area contributed by atoms with Crippen molar-refractivity contribution < 1.29 is 19.7 Å². The molecule has 5 nitrogen and oxygen atoms in total. The van der Waals surface area contributed by atoms with E-state index in [1.54, 1.807) is 0 Å². The van der Waals surface area contributed by atoms with Gasteiger partial charge in [-0.1, -0.05) is 30.3 Å². The molecule has 0 saturated heterocycles. The molecule has 0 fully saturated rings. The van der Waals surface area contributed by atoms with Crippen LogP contribution in [0.15, 0.2) is 30.3 Å². The Morgan fingerprint density at radius 3 is 2.70 bits per heavy atom. The molecule has 112 valence electrons. The van der Waals surface area contributed by atoms with Crippen LogP contribution in [0.25, 0.3) is 0 Å². The number of rotatable bonds is 10. The number of nitrogens with zero attached hydrogens (tertiary/aromatic N) is 1. The van der Waals surface area contributed by atoms with E-state index in [2.05, 4.69) is 0 Å². The molecule has 0 saturated carbocycles. The van der Waals surface area contributed by atoms with Crippen LogP contribution in [0.1, 0.15) is 18.4 Å². The van der Waals surface area contributed by atoms with Gasteiger partial charge in [-0.05, 0) is 25.6 Å². The van der Waals surface area contributed by atoms with E-state index in [0.29, 0.717) is 26.1 Å². The van der Waals surface area contributed by atoms with E-state index >= 15 is 0 Å². The van der Waals surface area contributed by atoms with Crippen LogP contribution in [-0.4, -0.2) is 53.9 Å². The molecule has 0 aliphatic rings. The number of hydrogen-bond donors (Lipinski definition) is 2. The van der Waals surface area contributed by atoms with Crippen LogP contribution in [0.5, 0.6) is 0 Å². The van der Waals surface area contributed by atoms with Gasteiger partial charge in [0.15, 0.2) is 0 Å². The second-order valence-corrected chi connectivity index (χ2v) is 4.91. The number of hydrogen-bond acceptors (Lipinski definition) is 4. The molecule has 1 rings (SSSR count). The number of aliphatic hydroxyl groups is 1. The largest absolute Gasteiger partial charge is 0.481 e. The van der Waals surface area contributed by atoms with E-state index in [1.807, 2.05) is 42.3 Å². The number of carboxylic acids is 1. The topological polar surface area (TPSA) is 70.0 Å². The summed E-state index contributed by atoms with van der Waals surface area (Å²) in [5.41, 5.74) is 1.08. The first kappa shape index (κ1) is 16.6. The highest BCUT2D eigenvalue weighted by Crippen LogP contribution is 2.02. The van der Waals surface area contributed by atoms with Gasteiger partial charge < -0.3 is 19.8 Å². The van der Waals surface area contributed by atoms with Crippen molar-refractivity contribution in [3.05, 3.63) is 35.9 Å². The maximum Gasteiger partial charge on any atom is 0.303 e. The zero-order valence-corrected chi connectivity index (χ0v) is 11.9. The van der Waals surface area contributed by atoms with Crippen molar-refractivity contribution in [1.29, 1.82) is 0 Å².